The third-order valence-corrected chi connectivity index (χ3v) is 6.45. The van der Waals surface area contributed by atoms with E-state index in [1.165, 1.54) is 24.3 Å². The van der Waals surface area contributed by atoms with E-state index in [1.807, 2.05) is 4.72 Å². The summed E-state index contributed by atoms with van der Waals surface area (Å²) in [4.78, 5) is 11.8. The standard InChI is InChI=1S/C12H16N2O5S2/c1-12(7-8-20(16,17)9-12)13-11(15)14-21(18,19)10-5-3-2-4-6-10/h2-6H,7-9H2,1H3,(H2,13,14,15). The molecule has 0 aromatic heterocycles. The summed E-state index contributed by atoms with van der Waals surface area (Å²) >= 11 is 0. The fourth-order valence-corrected chi connectivity index (χ4v) is 5.21. The lowest BCUT2D eigenvalue weighted by molar-refractivity contribution is 0.235. The summed E-state index contributed by atoms with van der Waals surface area (Å²) in [7, 11) is -7.16. The van der Waals surface area contributed by atoms with Crippen molar-refractivity contribution in [3.05, 3.63) is 30.3 Å². The van der Waals surface area contributed by atoms with Gasteiger partial charge in [-0.15, -0.1) is 0 Å². The number of rotatable bonds is 3. The number of hydrogen-bond acceptors (Lipinski definition) is 5. The average molecular weight is 332 g/mol. The number of nitrogens with one attached hydrogen (secondary N) is 2. The molecule has 2 N–H and O–H groups in total. The molecule has 9 heteroatoms. The van der Waals surface area contributed by atoms with Gasteiger partial charge in [-0.3, -0.25) is 0 Å². The second-order valence-corrected chi connectivity index (χ2v) is 9.14. The van der Waals surface area contributed by atoms with Gasteiger partial charge in [0.05, 0.1) is 21.9 Å². The quantitative estimate of drug-likeness (QED) is 0.825. The van der Waals surface area contributed by atoms with Gasteiger partial charge in [0, 0.05) is 0 Å². The maximum Gasteiger partial charge on any atom is 0.329 e. The summed E-state index contributed by atoms with van der Waals surface area (Å²) < 4.78 is 48.7. The Bertz CT molecular complexity index is 743. The molecule has 0 aliphatic carbocycles. The number of carbonyl (C=O) groups excluding carboxylic acids is 1. The van der Waals surface area contributed by atoms with Crippen LogP contribution in [0.4, 0.5) is 4.79 Å². The first-order valence-electron chi connectivity index (χ1n) is 6.22. The lowest BCUT2D eigenvalue weighted by atomic mass is 10.0. The lowest BCUT2D eigenvalue weighted by Crippen LogP contribution is -2.52. The summed E-state index contributed by atoms with van der Waals surface area (Å²) in [5.74, 6) is -0.214. The van der Waals surface area contributed by atoms with Gasteiger partial charge in [-0.1, -0.05) is 18.2 Å². The monoisotopic (exact) mass is 332 g/mol. The predicted molar refractivity (Wildman–Crippen MR) is 77.0 cm³/mol. The van der Waals surface area contributed by atoms with E-state index in [9.17, 15) is 21.6 Å². The summed E-state index contributed by atoms with van der Waals surface area (Å²) in [5, 5.41) is 2.43. The van der Waals surface area contributed by atoms with Crippen LogP contribution < -0.4 is 10.0 Å². The van der Waals surface area contributed by atoms with Crippen LogP contribution in [0.15, 0.2) is 35.2 Å². The highest BCUT2D eigenvalue weighted by Gasteiger charge is 2.40. The zero-order valence-corrected chi connectivity index (χ0v) is 13.0. The molecular formula is C12H16N2O5S2. The van der Waals surface area contributed by atoms with E-state index < -0.39 is 31.4 Å². The third kappa shape index (κ3) is 3.94. The zero-order valence-electron chi connectivity index (χ0n) is 11.4. The topological polar surface area (TPSA) is 109 Å². The summed E-state index contributed by atoms with van der Waals surface area (Å²) in [6.07, 6.45) is 0.258. The molecule has 1 unspecified atom stereocenters. The van der Waals surface area contributed by atoms with Crippen LogP contribution in [-0.4, -0.2) is 39.9 Å². The Labute approximate surface area is 123 Å². The Balaban J connectivity index is 2.06. The molecule has 2 rings (SSSR count). The van der Waals surface area contributed by atoms with E-state index >= 15 is 0 Å². The number of sulfone groups is 1. The molecule has 1 aromatic carbocycles. The molecule has 7 nitrogen and oxygen atoms in total. The Morgan fingerprint density at radius 1 is 1.24 bits per heavy atom. The summed E-state index contributed by atoms with van der Waals surface area (Å²) in [5.41, 5.74) is -0.949. The number of hydrogen-bond donors (Lipinski definition) is 2. The molecule has 1 aliphatic rings. The third-order valence-electron chi connectivity index (χ3n) is 3.20. The number of sulfonamides is 1. The van der Waals surface area contributed by atoms with Crippen LogP contribution in [-0.2, 0) is 19.9 Å². The van der Waals surface area contributed by atoms with Gasteiger partial charge in [0.1, 0.15) is 0 Å². The Kier molecular flexibility index (Phi) is 3.98. The smallest absolute Gasteiger partial charge is 0.329 e. The van der Waals surface area contributed by atoms with Gasteiger partial charge in [0.2, 0.25) is 0 Å². The first-order chi connectivity index (χ1) is 9.62. The average Bonchev–Trinajstić information content (AvgIpc) is 2.63. The summed E-state index contributed by atoms with van der Waals surface area (Å²) in [6, 6.07) is 6.52. The van der Waals surface area contributed by atoms with Crippen molar-refractivity contribution in [1.29, 1.82) is 0 Å². The van der Waals surface area contributed by atoms with Crippen LogP contribution >= 0.6 is 0 Å². The molecule has 116 valence electrons. The van der Waals surface area contributed by atoms with Crippen molar-refractivity contribution in [2.45, 2.75) is 23.8 Å². The van der Waals surface area contributed by atoms with Crippen molar-refractivity contribution in [2.75, 3.05) is 11.5 Å². The van der Waals surface area contributed by atoms with Gasteiger partial charge >= 0.3 is 6.03 Å². The van der Waals surface area contributed by atoms with Crippen LogP contribution in [0, 0.1) is 0 Å². The number of amides is 2. The molecule has 0 radical (unpaired) electrons. The molecule has 1 aliphatic heterocycles. The molecule has 1 saturated heterocycles. The van der Waals surface area contributed by atoms with Gasteiger partial charge in [-0.2, -0.15) is 0 Å². The maximum atomic E-state index is 12.0. The number of carbonyl (C=O) groups is 1. The minimum atomic E-state index is -3.97. The van der Waals surface area contributed by atoms with Crippen LogP contribution in [0.25, 0.3) is 0 Å². The van der Waals surface area contributed by atoms with Crippen LogP contribution in [0.5, 0.6) is 0 Å². The van der Waals surface area contributed by atoms with Crippen molar-refractivity contribution in [1.82, 2.24) is 10.0 Å². The second kappa shape index (κ2) is 5.30. The minimum absolute atomic E-state index is 0.0186. The fourth-order valence-electron chi connectivity index (χ4n) is 2.19. The largest absolute Gasteiger partial charge is 0.331 e. The van der Waals surface area contributed by atoms with Gasteiger partial charge in [-0.25, -0.2) is 26.4 Å². The van der Waals surface area contributed by atoms with Gasteiger partial charge in [0.15, 0.2) is 9.84 Å². The summed E-state index contributed by atoms with van der Waals surface area (Å²) in [6.45, 7) is 1.58. The molecule has 0 bridgehead atoms. The Morgan fingerprint density at radius 3 is 2.38 bits per heavy atom. The zero-order chi connectivity index (χ0) is 15.7. The lowest BCUT2D eigenvalue weighted by Gasteiger charge is -2.23. The van der Waals surface area contributed by atoms with Crippen LogP contribution in [0.1, 0.15) is 13.3 Å². The van der Waals surface area contributed by atoms with E-state index in [0.29, 0.717) is 0 Å². The SMILES string of the molecule is CC1(NC(=O)NS(=O)(=O)c2ccccc2)CCS(=O)(=O)C1. The van der Waals surface area contributed by atoms with E-state index in [0.717, 1.165) is 0 Å². The molecule has 2 amide bonds. The van der Waals surface area contributed by atoms with E-state index in [2.05, 4.69) is 5.32 Å². The predicted octanol–water partition coefficient (Wildman–Crippen LogP) is 0.252. The van der Waals surface area contributed by atoms with Crippen molar-refractivity contribution < 1.29 is 21.6 Å². The van der Waals surface area contributed by atoms with Crippen molar-refractivity contribution in [3.63, 3.8) is 0 Å². The highest BCUT2D eigenvalue weighted by Crippen LogP contribution is 2.22. The van der Waals surface area contributed by atoms with E-state index in [4.69, 9.17) is 0 Å². The first-order valence-corrected chi connectivity index (χ1v) is 9.53. The van der Waals surface area contributed by atoms with Crippen LogP contribution in [0.2, 0.25) is 0 Å². The van der Waals surface area contributed by atoms with E-state index in [1.54, 1.807) is 13.0 Å². The highest BCUT2D eigenvalue weighted by molar-refractivity contribution is 7.91. The molecule has 21 heavy (non-hydrogen) atoms. The molecular weight excluding hydrogens is 316 g/mol. The fraction of sp³-hybridized carbons (Fsp3) is 0.417. The second-order valence-electron chi connectivity index (χ2n) is 5.28. The van der Waals surface area contributed by atoms with Gasteiger partial charge in [-0.05, 0) is 25.5 Å². The van der Waals surface area contributed by atoms with E-state index in [-0.39, 0.29) is 22.8 Å². The number of urea groups is 1. The van der Waals surface area contributed by atoms with Crippen molar-refractivity contribution in [2.24, 2.45) is 0 Å². The minimum Gasteiger partial charge on any atom is -0.331 e. The molecule has 1 atom stereocenters. The Morgan fingerprint density at radius 2 is 1.86 bits per heavy atom. The van der Waals surface area contributed by atoms with Gasteiger partial charge in [0.25, 0.3) is 10.0 Å². The molecule has 0 saturated carbocycles. The van der Waals surface area contributed by atoms with Crippen LogP contribution in [0.3, 0.4) is 0 Å². The van der Waals surface area contributed by atoms with Crippen molar-refractivity contribution in [3.8, 4) is 0 Å². The molecule has 1 fully saturated rings. The van der Waals surface area contributed by atoms with Crippen molar-refractivity contribution >= 4 is 25.9 Å². The normalized spacial score (nSPS) is 24.4. The molecule has 1 heterocycles. The van der Waals surface area contributed by atoms with Gasteiger partial charge < -0.3 is 5.32 Å². The first kappa shape index (κ1) is 15.8. The Hall–Kier alpha value is -1.61. The molecule has 0 spiro atoms. The molecule has 1 aromatic rings. The number of benzene rings is 1. The maximum absolute atomic E-state index is 12.0. The highest BCUT2D eigenvalue weighted by atomic mass is 32.2.